The maximum absolute atomic E-state index is 12.2. The molecule has 0 unspecified atom stereocenters. The first kappa shape index (κ1) is 13.6. The lowest BCUT2D eigenvalue weighted by molar-refractivity contribution is 0.600. The van der Waals surface area contributed by atoms with Crippen LogP contribution in [-0.2, 0) is 10.0 Å². The van der Waals surface area contributed by atoms with E-state index in [1.807, 2.05) is 0 Å². The molecule has 5 nitrogen and oxygen atoms in total. The molecule has 0 amide bonds. The normalized spacial score (nSPS) is 11.5. The minimum atomic E-state index is -3.66. The lowest BCUT2D eigenvalue weighted by Gasteiger charge is -2.07. The van der Waals surface area contributed by atoms with Crippen molar-refractivity contribution in [2.75, 3.05) is 4.72 Å². The van der Waals surface area contributed by atoms with Crippen molar-refractivity contribution in [1.82, 2.24) is 10.2 Å². The van der Waals surface area contributed by atoms with Gasteiger partial charge in [-0.15, -0.1) is 0 Å². The molecule has 0 aliphatic heterocycles. The summed E-state index contributed by atoms with van der Waals surface area (Å²) in [6.07, 6.45) is 0. The number of aryl methyl sites for hydroxylation is 1. The number of hydrogen-bond acceptors (Lipinski definition) is 3. The van der Waals surface area contributed by atoms with Crippen LogP contribution in [0, 0.1) is 6.92 Å². The summed E-state index contributed by atoms with van der Waals surface area (Å²) < 4.78 is 27.9. The number of anilines is 1. The summed E-state index contributed by atoms with van der Waals surface area (Å²) in [5, 5.41) is 6.51. The Balaban J connectivity index is 2.39. The van der Waals surface area contributed by atoms with Crippen LogP contribution in [0.25, 0.3) is 0 Å². The van der Waals surface area contributed by atoms with E-state index in [0.29, 0.717) is 8.95 Å². The average molecular weight is 395 g/mol. The molecule has 1 aromatic heterocycles. The first-order valence-electron chi connectivity index (χ1n) is 4.88. The highest BCUT2D eigenvalue weighted by molar-refractivity contribution is 9.11. The van der Waals surface area contributed by atoms with E-state index < -0.39 is 10.0 Å². The van der Waals surface area contributed by atoms with E-state index in [-0.39, 0.29) is 10.7 Å². The summed E-state index contributed by atoms with van der Waals surface area (Å²) in [6, 6.07) is 6.55. The molecule has 0 spiro atoms. The summed E-state index contributed by atoms with van der Waals surface area (Å²) in [5.74, 6) is 0.263. The molecule has 0 bridgehead atoms. The first-order valence-corrected chi connectivity index (χ1v) is 7.95. The predicted octanol–water partition coefficient (Wildman–Crippen LogP) is 3.04. The maximum Gasteiger partial charge on any atom is 0.264 e. The van der Waals surface area contributed by atoms with Gasteiger partial charge in [0.1, 0.15) is 4.90 Å². The minimum Gasteiger partial charge on any atom is -0.281 e. The molecular formula is C10H9Br2N3O2S. The Morgan fingerprint density at radius 2 is 2.00 bits per heavy atom. The number of halogens is 2. The van der Waals surface area contributed by atoms with Crippen molar-refractivity contribution >= 4 is 47.7 Å². The summed E-state index contributed by atoms with van der Waals surface area (Å²) in [7, 11) is -3.66. The molecule has 18 heavy (non-hydrogen) atoms. The first-order chi connectivity index (χ1) is 8.38. The van der Waals surface area contributed by atoms with Crippen molar-refractivity contribution in [3.8, 4) is 0 Å². The molecule has 0 aliphatic rings. The number of benzene rings is 1. The number of nitrogens with one attached hydrogen (secondary N) is 2. The molecule has 2 N–H and O–H groups in total. The molecule has 1 heterocycles. The van der Waals surface area contributed by atoms with Crippen molar-refractivity contribution in [1.29, 1.82) is 0 Å². The molecular weight excluding hydrogens is 386 g/mol. The average Bonchev–Trinajstić information content (AvgIpc) is 2.66. The molecule has 0 saturated heterocycles. The fraction of sp³-hybridized carbons (Fsp3) is 0.100. The molecule has 2 aromatic rings. The third kappa shape index (κ3) is 2.93. The van der Waals surface area contributed by atoms with Gasteiger partial charge >= 0.3 is 0 Å². The van der Waals surface area contributed by atoms with Gasteiger partial charge < -0.3 is 0 Å². The molecule has 1 aromatic carbocycles. The van der Waals surface area contributed by atoms with Crippen LogP contribution in [0.3, 0.4) is 0 Å². The van der Waals surface area contributed by atoms with Crippen LogP contribution in [0.2, 0.25) is 0 Å². The van der Waals surface area contributed by atoms with Gasteiger partial charge in [-0.3, -0.25) is 9.82 Å². The van der Waals surface area contributed by atoms with Gasteiger partial charge in [-0.2, -0.15) is 5.10 Å². The summed E-state index contributed by atoms with van der Waals surface area (Å²) in [4.78, 5) is 0.150. The molecule has 8 heteroatoms. The van der Waals surface area contributed by atoms with Crippen LogP contribution < -0.4 is 4.72 Å². The Morgan fingerprint density at radius 1 is 1.28 bits per heavy atom. The van der Waals surface area contributed by atoms with Gasteiger partial charge in [0.05, 0.1) is 0 Å². The molecule has 0 aliphatic carbocycles. The zero-order chi connectivity index (χ0) is 13.3. The Bertz CT molecular complexity index is 682. The van der Waals surface area contributed by atoms with Gasteiger partial charge in [-0.1, -0.05) is 15.9 Å². The number of nitrogens with zero attached hydrogens (tertiary/aromatic N) is 1. The number of aromatic nitrogens is 2. The number of hydrogen-bond donors (Lipinski definition) is 2. The maximum atomic E-state index is 12.2. The number of rotatable bonds is 3. The quantitative estimate of drug-likeness (QED) is 0.839. The van der Waals surface area contributed by atoms with Crippen molar-refractivity contribution < 1.29 is 8.42 Å². The molecule has 0 atom stereocenters. The minimum absolute atomic E-state index is 0.150. The van der Waals surface area contributed by atoms with Gasteiger partial charge in [0, 0.05) is 20.7 Å². The van der Waals surface area contributed by atoms with Crippen molar-refractivity contribution in [3.63, 3.8) is 0 Å². The zero-order valence-corrected chi connectivity index (χ0v) is 13.2. The molecule has 0 radical (unpaired) electrons. The van der Waals surface area contributed by atoms with E-state index in [0.717, 1.165) is 5.69 Å². The van der Waals surface area contributed by atoms with Crippen LogP contribution in [0.1, 0.15) is 5.69 Å². The van der Waals surface area contributed by atoms with Gasteiger partial charge in [0.15, 0.2) is 5.82 Å². The molecule has 0 saturated carbocycles. The lowest BCUT2D eigenvalue weighted by atomic mass is 10.4. The third-order valence-corrected chi connectivity index (χ3v) is 4.97. The van der Waals surface area contributed by atoms with Crippen LogP contribution in [0.4, 0.5) is 5.82 Å². The predicted molar refractivity (Wildman–Crippen MR) is 76.0 cm³/mol. The van der Waals surface area contributed by atoms with E-state index in [1.165, 1.54) is 6.07 Å². The summed E-state index contributed by atoms with van der Waals surface area (Å²) in [6.45, 7) is 1.79. The topological polar surface area (TPSA) is 74.8 Å². The lowest BCUT2D eigenvalue weighted by Crippen LogP contribution is -2.13. The van der Waals surface area contributed by atoms with Crippen molar-refractivity contribution in [3.05, 3.63) is 38.9 Å². The Kier molecular flexibility index (Phi) is 3.79. The monoisotopic (exact) mass is 393 g/mol. The van der Waals surface area contributed by atoms with Crippen LogP contribution in [-0.4, -0.2) is 18.6 Å². The van der Waals surface area contributed by atoms with Gasteiger partial charge in [-0.25, -0.2) is 8.42 Å². The van der Waals surface area contributed by atoms with E-state index >= 15 is 0 Å². The second-order valence-electron chi connectivity index (χ2n) is 3.62. The number of H-pyrrole nitrogens is 1. The Hall–Kier alpha value is -0.860. The largest absolute Gasteiger partial charge is 0.281 e. The fourth-order valence-electron chi connectivity index (χ4n) is 1.35. The fourth-order valence-corrected chi connectivity index (χ4v) is 3.84. The van der Waals surface area contributed by atoms with E-state index in [2.05, 4.69) is 46.8 Å². The summed E-state index contributed by atoms with van der Waals surface area (Å²) >= 11 is 6.46. The number of sulfonamides is 1. The highest BCUT2D eigenvalue weighted by Gasteiger charge is 2.19. The van der Waals surface area contributed by atoms with Crippen molar-refractivity contribution in [2.45, 2.75) is 11.8 Å². The van der Waals surface area contributed by atoms with E-state index in [4.69, 9.17) is 0 Å². The van der Waals surface area contributed by atoms with Crippen molar-refractivity contribution in [2.24, 2.45) is 0 Å². The van der Waals surface area contributed by atoms with Crippen LogP contribution >= 0.6 is 31.9 Å². The van der Waals surface area contributed by atoms with E-state index in [9.17, 15) is 8.42 Å². The van der Waals surface area contributed by atoms with Crippen LogP contribution in [0.5, 0.6) is 0 Å². The Morgan fingerprint density at radius 3 is 2.61 bits per heavy atom. The second-order valence-corrected chi connectivity index (χ2v) is 7.04. The molecule has 2 rings (SSSR count). The van der Waals surface area contributed by atoms with Gasteiger partial charge in [0.2, 0.25) is 0 Å². The molecule has 96 valence electrons. The highest BCUT2D eigenvalue weighted by atomic mass is 79.9. The standard InChI is InChI=1S/C10H9Br2N3O2S/c1-6-4-10(14-13-6)15-18(16,17)9-5-7(11)2-3-8(9)12/h2-5H,1H3,(H2,13,14,15). The van der Waals surface area contributed by atoms with Crippen LogP contribution in [0.15, 0.2) is 38.1 Å². The van der Waals surface area contributed by atoms with E-state index in [1.54, 1.807) is 25.1 Å². The number of aromatic amines is 1. The van der Waals surface area contributed by atoms with Gasteiger partial charge in [0.25, 0.3) is 10.0 Å². The highest BCUT2D eigenvalue weighted by Crippen LogP contribution is 2.27. The Labute approximate surface area is 121 Å². The third-order valence-electron chi connectivity index (χ3n) is 2.13. The SMILES string of the molecule is Cc1cc(NS(=O)(=O)c2cc(Br)ccc2Br)n[nH]1. The zero-order valence-electron chi connectivity index (χ0n) is 9.24. The second kappa shape index (κ2) is 5.02. The summed E-state index contributed by atoms with van der Waals surface area (Å²) in [5.41, 5.74) is 0.779. The smallest absolute Gasteiger partial charge is 0.264 e. The van der Waals surface area contributed by atoms with Gasteiger partial charge in [-0.05, 0) is 41.1 Å². The molecule has 0 fully saturated rings.